The van der Waals surface area contributed by atoms with Crippen LogP contribution in [0, 0.1) is 12.8 Å². The Labute approximate surface area is 143 Å². The minimum Gasteiger partial charge on any atom is -0.394 e. The van der Waals surface area contributed by atoms with E-state index in [9.17, 15) is 19.8 Å². The molecule has 0 aliphatic carbocycles. The lowest BCUT2D eigenvalue weighted by atomic mass is 9.93. The molecule has 3 heterocycles. The number of ether oxygens (including phenoxy) is 1. The van der Waals surface area contributed by atoms with Gasteiger partial charge in [0, 0.05) is 29.6 Å². The van der Waals surface area contributed by atoms with Crippen molar-refractivity contribution >= 4 is 0 Å². The monoisotopic (exact) mass is 350 g/mol. The van der Waals surface area contributed by atoms with Gasteiger partial charge in [0.2, 0.25) is 0 Å². The zero-order valence-corrected chi connectivity index (χ0v) is 13.9. The number of H-pyrrole nitrogens is 2. The van der Waals surface area contributed by atoms with E-state index in [0.29, 0.717) is 12.0 Å². The van der Waals surface area contributed by atoms with Crippen molar-refractivity contribution in [1.82, 2.24) is 19.5 Å². The largest absolute Gasteiger partial charge is 0.394 e. The van der Waals surface area contributed by atoms with Gasteiger partial charge in [-0.2, -0.15) is 0 Å². The average molecular weight is 350 g/mol. The summed E-state index contributed by atoms with van der Waals surface area (Å²) >= 11 is 0. The quantitative estimate of drug-likeness (QED) is 0.553. The molecule has 1 unspecified atom stereocenters. The molecule has 136 valence electrons. The molecule has 9 heteroatoms. The highest BCUT2D eigenvalue weighted by Gasteiger charge is 2.44. The topological polar surface area (TPSA) is 133 Å². The number of hydrogen-bond acceptors (Lipinski definition) is 6. The lowest BCUT2D eigenvalue weighted by Crippen LogP contribution is -2.36. The third-order valence-corrected chi connectivity index (χ3v) is 4.64. The second-order valence-corrected chi connectivity index (χ2v) is 6.35. The maximum absolute atomic E-state index is 12.2. The Morgan fingerprint density at radius 2 is 2.20 bits per heavy atom. The molecular formula is C16H22N4O5. The van der Waals surface area contributed by atoms with Gasteiger partial charge in [-0.1, -0.05) is 0 Å². The molecule has 4 atom stereocenters. The Balaban J connectivity index is 1.81. The number of nitrogens with zero attached hydrogens (tertiary/aromatic N) is 2. The average Bonchev–Trinajstić information content (AvgIpc) is 3.20. The lowest BCUT2D eigenvalue weighted by molar-refractivity contribution is -0.0484. The summed E-state index contributed by atoms with van der Waals surface area (Å²) in [7, 11) is 0. The molecule has 9 nitrogen and oxygen atoms in total. The maximum Gasteiger partial charge on any atom is 0.330 e. The highest BCUT2D eigenvalue weighted by atomic mass is 16.5. The molecule has 0 aromatic carbocycles. The zero-order chi connectivity index (χ0) is 18.0. The molecule has 0 spiro atoms. The van der Waals surface area contributed by atoms with Crippen molar-refractivity contribution in [1.29, 1.82) is 0 Å². The summed E-state index contributed by atoms with van der Waals surface area (Å²) in [5, 5.41) is 19.9. The van der Waals surface area contributed by atoms with Gasteiger partial charge in [-0.3, -0.25) is 14.3 Å². The highest BCUT2D eigenvalue weighted by molar-refractivity contribution is 5.03. The fraction of sp³-hybridized carbons (Fsp3) is 0.562. The summed E-state index contributed by atoms with van der Waals surface area (Å²) in [6.07, 6.45) is 4.47. The number of imidazole rings is 1. The maximum atomic E-state index is 12.2. The van der Waals surface area contributed by atoms with Crippen molar-refractivity contribution in [2.45, 2.75) is 44.6 Å². The summed E-state index contributed by atoms with van der Waals surface area (Å²) in [6, 6.07) is 0. The van der Waals surface area contributed by atoms with Crippen molar-refractivity contribution in [3.8, 4) is 0 Å². The van der Waals surface area contributed by atoms with E-state index in [1.54, 1.807) is 19.4 Å². The number of nitrogens with one attached hydrogen (secondary N) is 2. The molecule has 0 bridgehead atoms. The molecule has 0 saturated carbocycles. The fourth-order valence-electron chi connectivity index (χ4n) is 3.27. The molecular weight excluding hydrogens is 328 g/mol. The van der Waals surface area contributed by atoms with Gasteiger partial charge in [-0.05, 0) is 26.2 Å². The van der Waals surface area contributed by atoms with E-state index < -0.39 is 29.7 Å². The van der Waals surface area contributed by atoms with Crippen LogP contribution < -0.4 is 11.2 Å². The lowest BCUT2D eigenvalue weighted by Gasteiger charge is -2.22. The minimum atomic E-state index is -0.893. The Morgan fingerprint density at radius 1 is 1.40 bits per heavy atom. The fourth-order valence-corrected chi connectivity index (χ4v) is 3.27. The molecule has 0 amide bonds. The van der Waals surface area contributed by atoms with Crippen LogP contribution in [-0.4, -0.2) is 48.5 Å². The Bertz CT molecular complexity index is 813. The van der Waals surface area contributed by atoms with Crippen LogP contribution in [0.25, 0.3) is 0 Å². The van der Waals surface area contributed by atoms with Crippen LogP contribution in [0.5, 0.6) is 0 Å². The molecule has 1 aliphatic heterocycles. The molecule has 2 aromatic heterocycles. The standard InChI is InChI=1S/C16H22N4O5/c1-9-6-20(16(24)19-14(9)23)15-11(13(22)12(7-21)25-15)4-2-3-10-5-17-8-18-10/h5-6,8,11-13,15,21-22H,2-4,7H2,1H3,(H,17,18)(H,19,23,24)/t11?,12-,13+,15-/m1/s1. The number of aromatic nitrogens is 4. The van der Waals surface area contributed by atoms with Gasteiger partial charge in [0.15, 0.2) is 0 Å². The number of rotatable bonds is 6. The van der Waals surface area contributed by atoms with E-state index in [1.165, 1.54) is 10.8 Å². The molecule has 1 aliphatic rings. The van der Waals surface area contributed by atoms with Crippen molar-refractivity contribution < 1.29 is 14.9 Å². The van der Waals surface area contributed by atoms with Gasteiger partial charge in [0.25, 0.3) is 5.56 Å². The van der Waals surface area contributed by atoms with Gasteiger partial charge in [-0.15, -0.1) is 0 Å². The first-order valence-electron chi connectivity index (χ1n) is 8.25. The molecule has 2 aromatic rings. The van der Waals surface area contributed by atoms with Gasteiger partial charge in [0.05, 0.1) is 19.0 Å². The van der Waals surface area contributed by atoms with E-state index in [1.807, 2.05) is 0 Å². The Kier molecular flexibility index (Phi) is 5.16. The first-order valence-corrected chi connectivity index (χ1v) is 8.25. The van der Waals surface area contributed by atoms with Crippen LogP contribution in [0.4, 0.5) is 0 Å². The molecule has 4 N–H and O–H groups in total. The third kappa shape index (κ3) is 3.58. The van der Waals surface area contributed by atoms with Gasteiger partial charge >= 0.3 is 5.69 Å². The summed E-state index contributed by atoms with van der Waals surface area (Å²) in [6.45, 7) is 1.25. The van der Waals surface area contributed by atoms with Crippen LogP contribution in [-0.2, 0) is 11.2 Å². The van der Waals surface area contributed by atoms with Gasteiger partial charge in [0.1, 0.15) is 12.3 Å². The van der Waals surface area contributed by atoms with Crippen molar-refractivity contribution in [3.05, 3.63) is 50.8 Å². The van der Waals surface area contributed by atoms with E-state index in [4.69, 9.17) is 4.74 Å². The Morgan fingerprint density at radius 3 is 2.88 bits per heavy atom. The molecule has 0 radical (unpaired) electrons. The SMILES string of the molecule is Cc1cn([C@@H]2O[C@H](CO)[C@@H](O)C2CCCc2cnc[nH]2)c(=O)[nH]c1=O. The Hall–Kier alpha value is -2.23. The van der Waals surface area contributed by atoms with E-state index in [0.717, 1.165) is 18.5 Å². The normalized spacial score (nSPS) is 26.2. The molecule has 1 saturated heterocycles. The third-order valence-electron chi connectivity index (χ3n) is 4.64. The van der Waals surface area contributed by atoms with Gasteiger partial charge < -0.3 is 19.9 Å². The summed E-state index contributed by atoms with van der Waals surface area (Å²) < 4.78 is 6.99. The van der Waals surface area contributed by atoms with Gasteiger partial charge in [-0.25, -0.2) is 9.78 Å². The second-order valence-electron chi connectivity index (χ2n) is 6.35. The van der Waals surface area contributed by atoms with Crippen molar-refractivity contribution in [2.24, 2.45) is 5.92 Å². The smallest absolute Gasteiger partial charge is 0.330 e. The predicted molar refractivity (Wildman–Crippen MR) is 88.1 cm³/mol. The number of aliphatic hydroxyl groups is 2. The number of aliphatic hydroxyl groups excluding tert-OH is 2. The number of aromatic amines is 2. The van der Waals surface area contributed by atoms with E-state index in [-0.39, 0.29) is 12.5 Å². The first kappa shape index (κ1) is 17.6. The zero-order valence-electron chi connectivity index (χ0n) is 13.9. The molecule has 25 heavy (non-hydrogen) atoms. The van der Waals surface area contributed by atoms with E-state index in [2.05, 4.69) is 15.0 Å². The van der Waals surface area contributed by atoms with Crippen molar-refractivity contribution in [3.63, 3.8) is 0 Å². The van der Waals surface area contributed by atoms with Crippen LogP contribution in [0.2, 0.25) is 0 Å². The van der Waals surface area contributed by atoms with Crippen molar-refractivity contribution in [2.75, 3.05) is 6.61 Å². The summed E-state index contributed by atoms with van der Waals surface area (Å²) in [5.74, 6) is -0.372. The minimum absolute atomic E-state index is 0.341. The summed E-state index contributed by atoms with van der Waals surface area (Å²) in [4.78, 5) is 33.0. The van der Waals surface area contributed by atoms with Crippen LogP contribution in [0.15, 0.2) is 28.3 Å². The number of hydrogen-bond donors (Lipinski definition) is 4. The molecule has 3 rings (SSSR count). The summed E-state index contributed by atoms with van der Waals surface area (Å²) in [5.41, 5.74) is 0.321. The first-order chi connectivity index (χ1) is 12.0. The van der Waals surface area contributed by atoms with E-state index >= 15 is 0 Å². The van der Waals surface area contributed by atoms with Crippen LogP contribution in [0.1, 0.15) is 30.3 Å². The van der Waals surface area contributed by atoms with Crippen LogP contribution >= 0.6 is 0 Å². The highest BCUT2D eigenvalue weighted by Crippen LogP contribution is 2.37. The molecule has 1 fully saturated rings. The second kappa shape index (κ2) is 7.34. The predicted octanol–water partition coefficient (Wildman–Crippen LogP) is -0.542. The van der Waals surface area contributed by atoms with Crippen LogP contribution in [0.3, 0.4) is 0 Å². The number of aryl methyl sites for hydroxylation is 2.